The summed E-state index contributed by atoms with van der Waals surface area (Å²) in [6.07, 6.45) is 3.34. The summed E-state index contributed by atoms with van der Waals surface area (Å²) >= 11 is 5.87. The molecule has 1 heterocycles. The van der Waals surface area contributed by atoms with E-state index in [1.54, 1.807) is 6.20 Å². The second-order valence-corrected chi connectivity index (χ2v) is 3.47. The Morgan fingerprint density at radius 3 is 2.86 bits per heavy atom. The molecule has 0 aliphatic rings. The van der Waals surface area contributed by atoms with Gasteiger partial charge in [-0.1, -0.05) is 11.6 Å². The molecule has 0 aliphatic heterocycles. The van der Waals surface area contributed by atoms with Crippen molar-refractivity contribution in [3.8, 4) is 0 Å². The minimum atomic E-state index is -1.03. The van der Waals surface area contributed by atoms with Gasteiger partial charge in [0, 0.05) is 18.8 Å². The van der Waals surface area contributed by atoms with Gasteiger partial charge in [0.05, 0.1) is 5.02 Å². The molecule has 0 radical (unpaired) electrons. The van der Waals surface area contributed by atoms with Crippen LogP contribution in [0.15, 0.2) is 12.4 Å². The van der Waals surface area contributed by atoms with Gasteiger partial charge in [0.2, 0.25) is 0 Å². The van der Waals surface area contributed by atoms with Gasteiger partial charge in [0.1, 0.15) is 6.04 Å². The van der Waals surface area contributed by atoms with Crippen LogP contribution in [0, 0.1) is 6.92 Å². The maximum absolute atomic E-state index is 10.5. The van der Waals surface area contributed by atoms with Crippen molar-refractivity contribution in [2.75, 3.05) is 0 Å². The molecular weight excluding hydrogens is 204 g/mol. The number of halogens is 1. The first-order valence-electron chi connectivity index (χ1n) is 4.09. The minimum Gasteiger partial charge on any atom is -0.480 e. The van der Waals surface area contributed by atoms with Crippen molar-refractivity contribution in [1.82, 2.24) is 4.98 Å². The second-order valence-electron chi connectivity index (χ2n) is 3.07. The average Bonchev–Trinajstić information content (AvgIpc) is 2.11. The van der Waals surface area contributed by atoms with Gasteiger partial charge in [-0.2, -0.15) is 0 Å². The summed E-state index contributed by atoms with van der Waals surface area (Å²) in [6.45, 7) is 1.82. The predicted octanol–water partition coefficient (Wildman–Crippen LogP) is 0.998. The highest BCUT2D eigenvalue weighted by molar-refractivity contribution is 6.31. The van der Waals surface area contributed by atoms with Crippen molar-refractivity contribution in [3.05, 3.63) is 28.5 Å². The Hall–Kier alpha value is -1.13. The molecule has 1 aromatic rings. The van der Waals surface area contributed by atoms with Gasteiger partial charge in [0.15, 0.2) is 0 Å². The van der Waals surface area contributed by atoms with Gasteiger partial charge in [0.25, 0.3) is 0 Å². The van der Waals surface area contributed by atoms with E-state index in [-0.39, 0.29) is 6.42 Å². The van der Waals surface area contributed by atoms with Crippen LogP contribution >= 0.6 is 11.6 Å². The van der Waals surface area contributed by atoms with E-state index in [1.165, 1.54) is 6.20 Å². The maximum atomic E-state index is 10.5. The Morgan fingerprint density at radius 1 is 1.71 bits per heavy atom. The molecule has 3 N–H and O–H groups in total. The molecule has 0 spiro atoms. The number of rotatable bonds is 3. The lowest BCUT2D eigenvalue weighted by Gasteiger charge is -2.10. The number of pyridine rings is 1. The summed E-state index contributed by atoms with van der Waals surface area (Å²) in [6, 6.07) is -0.923. The lowest BCUT2D eigenvalue weighted by molar-refractivity contribution is -0.138. The summed E-state index contributed by atoms with van der Waals surface area (Å²) in [7, 11) is 0. The fourth-order valence-corrected chi connectivity index (χ4v) is 1.41. The number of aliphatic carboxylic acids is 1. The van der Waals surface area contributed by atoms with E-state index in [0.29, 0.717) is 5.02 Å². The van der Waals surface area contributed by atoms with E-state index in [1.807, 2.05) is 6.92 Å². The summed E-state index contributed by atoms with van der Waals surface area (Å²) < 4.78 is 0. The third kappa shape index (κ3) is 2.43. The van der Waals surface area contributed by atoms with Crippen LogP contribution in [0.4, 0.5) is 0 Å². The van der Waals surface area contributed by atoms with Crippen molar-refractivity contribution >= 4 is 17.6 Å². The lowest BCUT2D eigenvalue weighted by atomic mass is 10.0. The topological polar surface area (TPSA) is 76.2 Å². The predicted molar refractivity (Wildman–Crippen MR) is 53.3 cm³/mol. The highest BCUT2D eigenvalue weighted by atomic mass is 35.5. The molecule has 76 valence electrons. The number of aryl methyl sites for hydroxylation is 1. The molecule has 4 nitrogen and oxygen atoms in total. The van der Waals surface area contributed by atoms with Gasteiger partial charge < -0.3 is 10.8 Å². The molecule has 0 fully saturated rings. The molecule has 0 aliphatic carbocycles. The number of carboxylic acids is 1. The quantitative estimate of drug-likeness (QED) is 0.787. The third-order valence-electron chi connectivity index (χ3n) is 1.96. The normalized spacial score (nSPS) is 12.5. The molecule has 0 saturated carbocycles. The van der Waals surface area contributed by atoms with E-state index >= 15 is 0 Å². The molecule has 0 bridgehead atoms. The Kier molecular flexibility index (Phi) is 3.43. The van der Waals surface area contributed by atoms with Crippen LogP contribution in [0.3, 0.4) is 0 Å². The van der Waals surface area contributed by atoms with Gasteiger partial charge in [-0.05, 0) is 18.1 Å². The van der Waals surface area contributed by atoms with Crippen LogP contribution in [0.2, 0.25) is 5.02 Å². The first kappa shape index (κ1) is 10.9. The van der Waals surface area contributed by atoms with Crippen molar-refractivity contribution in [2.45, 2.75) is 19.4 Å². The summed E-state index contributed by atoms with van der Waals surface area (Å²) in [5.74, 6) is -1.03. The SMILES string of the molecule is Cc1cncc(Cl)c1CC(N)C(=O)O. The van der Waals surface area contributed by atoms with Crippen molar-refractivity contribution in [1.29, 1.82) is 0 Å². The van der Waals surface area contributed by atoms with E-state index in [2.05, 4.69) is 4.98 Å². The van der Waals surface area contributed by atoms with Crippen LogP contribution in [0.25, 0.3) is 0 Å². The Balaban J connectivity index is 2.91. The Morgan fingerprint density at radius 2 is 2.36 bits per heavy atom. The molecule has 0 saturated heterocycles. The van der Waals surface area contributed by atoms with E-state index in [9.17, 15) is 4.79 Å². The van der Waals surface area contributed by atoms with Crippen LogP contribution in [0.5, 0.6) is 0 Å². The van der Waals surface area contributed by atoms with Crippen molar-refractivity contribution < 1.29 is 9.90 Å². The number of aromatic nitrogens is 1. The Bertz CT molecular complexity index is 334. The zero-order valence-corrected chi connectivity index (χ0v) is 8.45. The second kappa shape index (κ2) is 4.39. The summed E-state index contributed by atoms with van der Waals surface area (Å²) in [5, 5.41) is 9.10. The molecule has 1 atom stereocenters. The lowest BCUT2D eigenvalue weighted by Crippen LogP contribution is -2.32. The highest BCUT2D eigenvalue weighted by Crippen LogP contribution is 2.19. The first-order chi connectivity index (χ1) is 6.52. The third-order valence-corrected chi connectivity index (χ3v) is 2.29. The van der Waals surface area contributed by atoms with E-state index in [4.69, 9.17) is 22.4 Å². The molecule has 1 aromatic heterocycles. The van der Waals surface area contributed by atoms with Gasteiger partial charge in [-0.25, -0.2) is 0 Å². The fourth-order valence-electron chi connectivity index (χ4n) is 1.12. The van der Waals surface area contributed by atoms with Gasteiger partial charge in [-0.3, -0.25) is 9.78 Å². The molecule has 1 unspecified atom stereocenters. The van der Waals surface area contributed by atoms with Crippen LogP contribution in [0.1, 0.15) is 11.1 Å². The molecule has 0 amide bonds. The fraction of sp³-hybridized carbons (Fsp3) is 0.333. The van der Waals surface area contributed by atoms with Gasteiger partial charge in [-0.15, -0.1) is 0 Å². The van der Waals surface area contributed by atoms with Crippen LogP contribution in [-0.4, -0.2) is 22.1 Å². The number of hydrogen-bond acceptors (Lipinski definition) is 3. The average molecular weight is 215 g/mol. The number of nitrogens with two attached hydrogens (primary N) is 1. The number of carbonyl (C=O) groups is 1. The largest absolute Gasteiger partial charge is 0.480 e. The standard InChI is InChI=1S/C9H11ClN2O2/c1-5-3-12-4-7(10)6(5)2-8(11)9(13)14/h3-4,8H,2,11H2,1H3,(H,13,14). The molecule has 5 heteroatoms. The zero-order chi connectivity index (χ0) is 10.7. The first-order valence-corrected chi connectivity index (χ1v) is 4.47. The number of carboxylic acid groups (broad SMARTS) is 1. The van der Waals surface area contributed by atoms with Crippen molar-refractivity contribution in [2.24, 2.45) is 5.73 Å². The summed E-state index contributed by atoms with van der Waals surface area (Å²) in [5.41, 5.74) is 7.01. The van der Waals surface area contributed by atoms with Crippen molar-refractivity contribution in [3.63, 3.8) is 0 Å². The zero-order valence-electron chi connectivity index (χ0n) is 7.70. The molecule has 14 heavy (non-hydrogen) atoms. The van der Waals surface area contributed by atoms with Crippen LogP contribution < -0.4 is 5.73 Å². The Labute approximate surface area is 86.7 Å². The molecule has 0 aromatic carbocycles. The molecule has 1 rings (SSSR count). The number of hydrogen-bond donors (Lipinski definition) is 2. The summed E-state index contributed by atoms with van der Waals surface area (Å²) in [4.78, 5) is 14.4. The minimum absolute atomic E-state index is 0.225. The number of nitrogens with zero attached hydrogens (tertiary/aromatic N) is 1. The van der Waals surface area contributed by atoms with E-state index < -0.39 is 12.0 Å². The highest BCUT2D eigenvalue weighted by Gasteiger charge is 2.15. The van der Waals surface area contributed by atoms with Gasteiger partial charge >= 0.3 is 5.97 Å². The monoisotopic (exact) mass is 214 g/mol. The van der Waals surface area contributed by atoms with Crippen LogP contribution in [-0.2, 0) is 11.2 Å². The molecular formula is C9H11ClN2O2. The van der Waals surface area contributed by atoms with E-state index in [0.717, 1.165) is 11.1 Å². The maximum Gasteiger partial charge on any atom is 0.320 e. The smallest absolute Gasteiger partial charge is 0.320 e.